The normalized spacial score (nSPS) is 12.1. The number of para-hydroxylation sites is 3. The third-order valence-corrected chi connectivity index (χ3v) is 12.6. The largest absolute Gasteiger partial charge is 0.460 e. The van der Waals surface area contributed by atoms with E-state index in [-0.39, 0.29) is 31.9 Å². The fourth-order valence-corrected chi connectivity index (χ4v) is 9.16. The first-order valence-corrected chi connectivity index (χ1v) is 22.1. The predicted molar refractivity (Wildman–Crippen MR) is 261 cm³/mol. The molecular weight excluding hydrogens is 976 g/mol. The summed E-state index contributed by atoms with van der Waals surface area (Å²) < 4.78 is 12.6. The molecule has 0 amide bonds. The van der Waals surface area contributed by atoms with Gasteiger partial charge in [-0.3, -0.25) is 4.57 Å². The van der Waals surface area contributed by atoms with E-state index in [1.807, 2.05) is 18.3 Å². The second-order valence-electron chi connectivity index (χ2n) is 18.9. The maximum absolute atomic E-state index is 6.00. The Bertz CT molecular complexity index is 3560. The van der Waals surface area contributed by atoms with Crippen LogP contribution in [0, 0.1) is 18.5 Å². The van der Waals surface area contributed by atoms with Gasteiger partial charge in [0, 0.05) is 38.2 Å². The number of pyridine rings is 1. The van der Waals surface area contributed by atoms with Crippen molar-refractivity contribution in [3.8, 4) is 39.4 Å². The van der Waals surface area contributed by atoms with Crippen LogP contribution in [-0.4, -0.2) is 14.1 Å². The summed E-state index contributed by atoms with van der Waals surface area (Å²) >= 11 is 0. The Hall–Kier alpha value is -6.81. The number of benzene rings is 7. The number of nitrogens with zero attached hydrogens (tertiary/aromatic N) is 4. The van der Waals surface area contributed by atoms with Crippen molar-refractivity contribution in [1.29, 1.82) is 0 Å². The van der Waals surface area contributed by atoms with E-state index in [2.05, 4.69) is 219 Å². The molecule has 0 aliphatic rings. The Labute approximate surface area is 394 Å². The summed E-state index contributed by atoms with van der Waals surface area (Å²) in [6.07, 6.45) is 8.10. The van der Waals surface area contributed by atoms with Crippen LogP contribution in [0.4, 0.5) is 0 Å². The zero-order valence-electron chi connectivity index (χ0n) is 37.4. The molecule has 0 aliphatic carbocycles. The molecule has 11 rings (SSSR count). The average Bonchev–Trinajstić information content (AvgIpc) is 4.03. The minimum absolute atomic E-state index is 0. The SMILES string of the molecule is CC(C)(C)c1cccc(-c2cc(C(C)(C)C)cc(-c3ccccc3)c2-[n+]2[c-]n(-c3[c-]c(Cc4[c-]c5c(cc4)c4ccccc4n5-c4nccc5ccoc45)ccc3)c3ccccc32)c1.[Pt]. The van der Waals surface area contributed by atoms with Crippen molar-refractivity contribution in [2.45, 2.75) is 58.8 Å². The Morgan fingerprint density at radius 3 is 2.09 bits per heavy atom. The van der Waals surface area contributed by atoms with Crippen LogP contribution >= 0.6 is 0 Å². The maximum Gasteiger partial charge on any atom is 0.268 e. The third-order valence-electron chi connectivity index (χ3n) is 12.6. The minimum atomic E-state index is -0.0842. The summed E-state index contributed by atoms with van der Waals surface area (Å²) in [5.74, 6) is 0.757. The van der Waals surface area contributed by atoms with Crippen molar-refractivity contribution in [1.82, 2.24) is 14.1 Å². The van der Waals surface area contributed by atoms with Crippen molar-refractivity contribution < 1.29 is 30.0 Å². The number of aromatic nitrogens is 4. The maximum atomic E-state index is 6.00. The zero-order chi connectivity index (χ0) is 43.7. The van der Waals surface area contributed by atoms with Crippen LogP contribution in [0.15, 0.2) is 175 Å². The van der Waals surface area contributed by atoms with E-state index in [0.29, 0.717) is 6.42 Å². The molecule has 11 aromatic rings. The standard InChI is InChI=1S/C59H48N4O.Pt/c1-58(2,3)44-20-15-19-43(35-44)50-37-45(59(4,5)6)36-49(41-17-8-7-9-18-41)55(50)62-38-61(52-24-12-13-25-53(52)62)46-21-14-16-39(33-46)32-40-26-27-48-47-22-10-11-23-51(47)63(54(48)34-40)57-56-42(28-30-60-57)29-31-64-56;/h7-31,35-37H,32H2,1-6H3;/q-2;. The number of furan rings is 1. The second-order valence-corrected chi connectivity index (χ2v) is 18.9. The van der Waals surface area contributed by atoms with E-state index >= 15 is 0 Å². The van der Waals surface area contributed by atoms with Gasteiger partial charge in [-0.2, -0.15) is 53.6 Å². The van der Waals surface area contributed by atoms with Gasteiger partial charge in [-0.1, -0.05) is 156 Å². The van der Waals surface area contributed by atoms with Gasteiger partial charge in [0.2, 0.25) is 0 Å². The first-order chi connectivity index (χ1) is 31.0. The Kier molecular flexibility index (Phi) is 10.6. The molecule has 0 N–H and O–H groups in total. The molecule has 6 heteroatoms. The molecule has 0 unspecified atom stereocenters. The Balaban J connectivity index is 0.00000498. The second kappa shape index (κ2) is 16.3. The summed E-state index contributed by atoms with van der Waals surface area (Å²) in [6.45, 7) is 13.7. The van der Waals surface area contributed by atoms with E-state index in [4.69, 9.17) is 9.40 Å². The van der Waals surface area contributed by atoms with Crippen LogP contribution in [0.5, 0.6) is 0 Å². The number of fused-ring (bicyclic) bond motifs is 5. The molecule has 0 aliphatic heterocycles. The van der Waals surface area contributed by atoms with Crippen LogP contribution in [0.2, 0.25) is 0 Å². The minimum Gasteiger partial charge on any atom is -0.460 e. The van der Waals surface area contributed by atoms with Crippen LogP contribution in [0.25, 0.3) is 83.3 Å². The van der Waals surface area contributed by atoms with Gasteiger partial charge in [-0.15, -0.1) is 5.39 Å². The van der Waals surface area contributed by atoms with Crippen LogP contribution in [-0.2, 0) is 38.3 Å². The summed E-state index contributed by atoms with van der Waals surface area (Å²) in [5, 5.41) is 3.28. The van der Waals surface area contributed by atoms with Crippen molar-refractivity contribution in [2.24, 2.45) is 0 Å². The Morgan fingerprint density at radius 1 is 0.600 bits per heavy atom. The molecule has 5 nitrogen and oxygen atoms in total. The van der Waals surface area contributed by atoms with Gasteiger partial charge in [-0.05, 0) is 79.9 Å². The summed E-state index contributed by atoms with van der Waals surface area (Å²) in [5.41, 5.74) is 16.2. The van der Waals surface area contributed by atoms with Gasteiger partial charge in [0.1, 0.15) is 0 Å². The van der Waals surface area contributed by atoms with E-state index in [0.717, 1.165) is 83.3 Å². The van der Waals surface area contributed by atoms with Crippen LogP contribution in [0.3, 0.4) is 0 Å². The molecule has 0 spiro atoms. The summed E-state index contributed by atoms with van der Waals surface area (Å²) in [6, 6.07) is 64.2. The van der Waals surface area contributed by atoms with Gasteiger partial charge in [0.05, 0.1) is 23.0 Å². The first-order valence-electron chi connectivity index (χ1n) is 22.1. The molecule has 0 atom stereocenters. The van der Waals surface area contributed by atoms with E-state index in [9.17, 15) is 0 Å². The smallest absolute Gasteiger partial charge is 0.268 e. The van der Waals surface area contributed by atoms with Gasteiger partial charge in [-0.25, -0.2) is 4.98 Å². The van der Waals surface area contributed by atoms with E-state index < -0.39 is 0 Å². The van der Waals surface area contributed by atoms with Crippen molar-refractivity contribution in [3.05, 3.63) is 211 Å². The van der Waals surface area contributed by atoms with E-state index in [1.54, 1.807) is 6.26 Å². The van der Waals surface area contributed by atoms with Crippen molar-refractivity contribution in [3.63, 3.8) is 0 Å². The number of hydrogen-bond acceptors (Lipinski definition) is 2. The average molecular weight is 1020 g/mol. The first kappa shape index (κ1) is 42.2. The van der Waals surface area contributed by atoms with Gasteiger partial charge >= 0.3 is 0 Å². The summed E-state index contributed by atoms with van der Waals surface area (Å²) in [7, 11) is 0. The molecule has 4 heterocycles. The van der Waals surface area contributed by atoms with Crippen LogP contribution in [0.1, 0.15) is 63.8 Å². The fraction of sp³-hybridized carbons (Fsp3) is 0.153. The molecule has 0 saturated heterocycles. The number of hydrogen-bond donors (Lipinski definition) is 0. The van der Waals surface area contributed by atoms with Crippen LogP contribution < -0.4 is 4.57 Å². The monoisotopic (exact) mass is 1020 g/mol. The topological polar surface area (TPSA) is 39.8 Å². The molecule has 0 bridgehead atoms. The molecular formula is C59H48N4OPt-2. The van der Waals surface area contributed by atoms with Gasteiger partial charge in [0.25, 0.3) is 6.33 Å². The third kappa shape index (κ3) is 7.52. The summed E-state index contributed by atoms with van der Waals surface area (Å²) in [4.78, 5) is 4.84. The fourth-order valence-electron chi connectivity index (χ4n) is 9.16. The van der Waals surface area contributed by atoms with Crippen molar-refractivity contribution in [2.75, 3.05) is 0 Å². The van der Waals surface area contributed by atoms with Gasteiger partial charge in [0.15, 0.2) is 11.4 Å². The predicted octanol–water partition coefficient (Wildman–Crippen LogP) is 14.1. The molecule has 0 fully saturated rings. The number of imidazole rings is 1. The zero-order valence-corrected chi connectivity index (χ0v) is 39.7. The number of rotatable bonds is 7. The van der Waals surface area contributed by atoms with Gasteiger partial charge < -0.3 is 13.6 Å². The van der Waals surface area contributed by atoms with Crippen molar-refractivity contribution >= 4 is 43.8 Å². The Morgan fingerprint density at radius 2 is 1.29 bits per heavy atom. The molecule has 0 radical (unpaired) electrons. The quantitative estimate of drug-likeness (QED) is 0.118. The van der Waals surface area contributed by atoms with E-state index in [1.165, 1.54) is 22.3 Å². The molecule has 322 valence electrons. The molecule has 4 aromatic heterocycles. The molecule has 65 heavy (non-hydrogen) atoms. The molecule has 7 aromatic carbocycles. The molecule has 0 saturated carbocycles.